The number of aromatic nitrogens is 1. The summed E-state index contributed by atoms with van der Waals surface area (Å²) in [5.74, 6) is 0. The lowest BCUT2D eigenvalue weighted by Crippen LogP contribution is -2.45. The number of fused-ring (bicyclic) bond motifs is 1. The van der Waals surface area contributed by atoms with Crippen molar-refractivity contribution < 1.29 is 9.34 Å². The molecule has 7 heteroatoms. The van der Waals surface area contributed by atoms with Gasteiger partial charge in [0.2, 0.25) is 0 Å². The molecule has 1 unspecified atom stereocenters. The van der Waals surface area contributed by atoms with Gasteiger partial charge < -0.3 is 14.6 Å². The molecule has 0 amide bonds. The molecule has 1 aromatic heterocycles. The summed E-state index contributed by atoms with van der Waals surface area (Å²) in [6.07, 6.45) is 3.34. The van der Waals surface area contributed by atoms with Crippen molar-refractivity contribution in [1.29, 1.82) is 0 Å². The molecule has 0 spiro atoms. The van der Waals surface area contributed by atoms with Crippen molar-refractivity contribution in [2.45, 2.75) is 25.3 Å². The molecule has 0 radical (unpaired) electrons. The number of rotatable bonds is 4. The monoisotopic (exact) mass is 290 g/mol. The van der Waals surface area contributed by atoms with Crippen LogP contribution in [0.4, 0.5) is 11.7 Å². The fraction of sp³-hybridized carbons (Fsp3) is 0.500. The SMILES string of the molecule is CNCC1CCCCN1c1nc2c([N+](=O)[O-])cccc2o1. The highest BCUT2D eigenvalue weighted by molar-refractivity contribution is 5.84. The third kappa shape index (κ3) is 2.56. The fourth-order valence-electron chi connectivity index (χ4n) is 2.89. The summed E-state index contributed by atoms with van der Waals surface area (Å²) < 4.78 is 5.76. The average Bonchev–Trinajstić information content (AvgIpc) is 2.91. The lowest BCUT2D eigenvalue weighted by atomic mass is 10.0. The number of nitrogens with zero attached hydrogens (tertiary/aromatic N) is 3. The summed E-state index contributed by atoms with van der Waals surface area (Å²) in [5.41, 5.74) is 0.781. The zero-order valence-corrected chi connectivity index (χ0v) is 11.9. The number of hydrogen-bond donors (Lipinski definition) is 1. The van der Waals surface area contributed by atoms with E-state index in [1.807, 2.05) is 7.05 Å². The molecule has 0 bridgehead atoms. The van der Waals surface area contributed by atoms with Crippen molar-refractivity contribution >= 4 is 22.8 Å². The van der Waals surface area contributed by atoms with Gasteiger partial charge in [0.1, 0.15) is 0 Å². The summed E-state index contributed by atoms with van der Waals surface area (Å²) >= 11 is 0. The zero-order chi connectivity index (χ0) is 14.8. The second-order valence-electron chi connectivity index (χ2n) is 5.28. The van der Waals surface area contributed by atoms with E-state index in [0.29, 0.717) is 23.2 Å². The van der Waals surface area contributed by atoms with Crippen LogP contribution >= 0.6 is 0 Å². The van der Waals surface area contributed by atoms with Crippen LogP contribution in [0.2, 0.25) is 0 Å². The average molecular weight is 290 g/mol. The first-order valence-corrected chi connectivity index (χ1v) is 7.16. The Morgan fingerprint density at radius 1 is 1.52 bits per heavy atom. The molecule has 3 rings (SSSR count). The summed E-state index contributed by atoms with van der Waals surface area (Å²) in [4.78, 5) is 17.1. The van der Waals surface area contributed by atoms with Crippen LogP contribution in [-0.4, -0.2) is 36.1 Å². The standard InChI is InChI=1S/C14H18N4O3/c1-15-9-10-5-2-3-8-17(10)14-16-13-11(18(19)20)6-4-7-12(13)21-14/h4,6-7,10,15H,2-3,5,8-9H2,1H3. The summed E-state index contributed by atoms with van der Waals surface area (Å²) in [7, 11) is 1.92. The molecule has 1 N–H and O–H groups in total. The number of oxazole rings is 1. The van der Waals surface area contributed by atoms with E-state index < -0.39 is 4.92 Å². The van der Waals surface area contributed by atoms with E-state index in [4.69, 9.17) is 4.42 Å². The maximum atomic E-state index is 11.1. The number of piperidine rings is 1. The number of nitro groups is 1. The third-order valence-corrected chi connectivity index (χ3v) is 3.90. The number of nitro benzene ring substituents is 1. The van der Waals surface area contributed by atoms with Crippen LogP contribution < -0.4 is 10.2 Å². The summed E-state index contributed by atoms with van der Waals surface area (Å²) in [6, 6.07) is 5.60. The van der Waals surface area contributed by atoms with Gasteiger partial charge in [0, 0.05) is 25.2 Å². The van der Waals surface area contributed by atoms with Gasteiger partial charge >= 0.3 is 0 Å². The van der Waals surface area contributed by atoms with Gasteiger partial charge in [-0.15, -0.1) is 0 Å². The molecule has 1 saturated heterocycles. The highest BCUT2D eigenvalue weighted by atomic mass is 16.6. The molecule has 2 heterocycles. The normalized spacial score (nSPS) is 19.1. The van der Waals surface area contributed by atoms with E-state index in [1.54, 1.807) is 12.1 Å². The minimum Gasteiger partial charge on any atom is -0.423 e. The van der Waals surface area contributed by atoms with E-state index in [0.717, 1.165) is 25.9 Å². The van der Waals surface area contributed by atoms with Crippen LogP contribution in [0.5, 0.6) is 0 Å². The van der Waals surface area contributed by atoms with Crippen LogP contribution in [0.15, 0.2) is 22.6 Å². The lowest BCUT2D eigenvalue weighted by molar-refractivity contribution is -0.383. The molecule has 0 saturated carbocycles. The summed E-state index contributed by atoms with van der Waals surface area (Å²) in [5, 5.41) is 14.2. The molecule has 1 aliphatic rings. The van der Waals surface area contributed by atoms with Gasteiger partial charge in [-0.25, -0.2) is 0 Å². The number of likely N-dealkylation sites (N-methyl/N-ethyl adjacent to an activating group) is 1. The maximum absolute atomic E-state index is 11.1. The van der Waals surface area contributed by atoms with Gasteiger partial charge in [0.05, 0.1) is 4.92 Å². The van der Waals surface area contributed by atoms with Crippen molar-refractivity contribution in [3.63, 3.8) is 0 Å². The first kappa shape index (κ1) is 13.8. The van der Waals surface area contributed by atoms with Crippen molar-refractivity contribution in [3.8, 4) is 0 Å². The number of benzene rings is 1. The topological polar surface area (TPSA) is 84.4 Å². The molecule has 2 aromatic rings. The summed E-state index contributed by atoms with van der Waals surface area (Å²) in [6.45, 7) is 1.72. The Kier molecular flexibility index (Phi) is 3.74. The minimum atomic E-state index is -0.421. The quantitative estimate of drug-likeness (QED) is 0.687. The lowest BCUT2D eigenvalue weighted by Gasteiger charge is -2.34. The number of anilines is 1. The smallest absolute Gasteiger partial charge is 0.298 e. The molecule has 1 fully saturated rings. The third-order valence-electron chi connectivity index (χ3n) is 3.90. The van der Waals surface area contributed by atoms with Crippen LogP contribution in [0.1, 0.15) is 19.3 Å². The van der Waals surface area contributed by atoms with E-state index in [1.165, 1.54) is 12.5 Å². The maximum Gasteiger partial charge on any atom is 0.298 e. The van der Waals surface area contributed by atoms with Crippen LogP contribution in [0.25, 0.3) is 11.1 Å². The van der Waals surface area contributed by atoms with Crippen LogP contribution in [-0.2, 0) is 0 Å². The molecule has 112 valence electrons. The van der Waals surface area contributed by atoms with Gasteiger partial charge in [-0.1, -0.05) is 6.07 Å². The molecule has 1 aliphatic heterocycles. The number of nitrogens with one attached hydrogen (secondary N) is 1. The zero-order valence-electron chi connectivity index (χ0n) is 11.9. The first-order valence-electron chi connectivity index (χ1n) is 7.16. The van der Waals surface area contributed by atoms with Crippen molar-refractivity contribution in [1.82, 2.24) is 10.3 Å². The highest BCUT2D eigenvalue weighted by Crippen LogP contribution is 2.31. The molecule has 7 nitrogen and oxygen atoms in total. The molecule has 0 aliphatic carbocycles. The minimum absolute atomic E-state index is 0.00956. The van der Waals surface area contributed by atoms with Gasteiger partial charge in [-0.2, -0.15) is 4.98 Å². The predicted octanol–water partition coefficient (Wildman–Crippen LogP) is 2.31. The van der Waals surface area contributed by atoms with E-state index >= 15 is 0 Å². The Morgan fingerprint density at radius 2 is 2.38 bits per heavy atom. The van der Waals surface area contributed by atoms with Crippen LogP contribution in [0, 0.1) is 10.1 Å². The van der Waals surface area contributed by atoms with Gasteiger partial charge in [0.25, 0.3) is 11.7 Å². The second kappa shape index (κ2) is 5.69. The predicted molar refractivity (Wildman–Crippen MR) is 79.6 cm³/mol. The molecule has 1 aromatic carbocycles. The highest BCUT2D eigenvalue weighted by Gasteiger charge is 2.27. The first-order chi connectivity index (χ1) is 10.2. The van der Waals surface area contributed by atoms with Crippen LogP contribution in [0.3, 0.4) is 0 Å². The molecule has 1 atom stereocenters. The number of para-hydroxylation sites is 1. The van der Waals surface area contributed by atoms with E-state index in [-0.39, 0.29) is 5.69 Å². The van der Waals surface area contributed by atoms with Crippen molar-refractivity contribution in [3.05, 3.63) is 28.3 Å². The van der Waals surface area contributed by atoms with Gasteiger partial charge in [-0.05, 0) is 32.4 Å². The number of non-ortho nitro benzene ring substituents is 1. The molecule has 21 heavy (non-hydrogen) atoms. The Bertz CT molecular complexity index is 653. The Labute approximate surface area is 122 Å². The fourth-order valence-corrected chi connectivity index (χ4v) is 2.89. The number of hydrogen-bond acceptors (Lipinski definition) is 6. The second-order valence-corrected chi connectivity index (χ2v) is 5.28. The van der Waals surface area contributed by atoms with Gasteiger partial charge in [0.15, 0.2) is 11.1 Å². The Morgan fingerprint density at radius 3 is 3.14 bits per heavy atom. The van der Waals surface area contributed by atoms with Crippen molar-refractivity contribution in [2.24, 2.45) is 0 Å². The van der Waals surface area contributed by atoms with E-state index in [2.05, 4.69) is 15.2 Å². The molecular formula is C14H18N4O3. The largest absolute Gasteiger partial charge is 0.423 e. The van der Waals surface area contributed by atoms with Crippen molar-refractivity contribution in [2.75, 3.05) is 25.0 Å². The Hall–Kier alpha value is -2.15. The molecular weight excluding hydrogens is 272 g/mol. The Balaban J connectivity index is 2.00. The van der Waals surface area contributed by atoms with E-state index in [9.17, 15) is 10.1 Å². The van der Waals surface area contributed by atoms with Gasteiger partial charge in [-0.3, -0.25) is 10.1 Å².